The van der Waals surface area contributed by atoms with Gasteiger partial charge in [0.15, 0.2) is 0 Å². The van der Waals surface area contributed by atoms with Gasteiger partial charge in [0.2, 0.25) is 5.88 Å². The first-order valence-corrected chi connectivity index (χ1v) is 7.06. The second kappa shape index (κ2) is 6.24. The number of aromatic carboxylic acids is 1. The van der Waals surface area contributed by atoms with Gasteiger partial charge in [0.05, 0.1) is 0 Å². The Kier molecular flexibility index (Phi) is 4.64. The number of ether oxygens (including phenoxy) is 1. The molecule has 0 aliphatic heterocycles. The molecule has 2 atom stereocenters. The molecule has 0 aromatic carbocycles. The third-order valence-corrected chi connectivity index (χ3v) is 3.89. The van der Waals surface area contributed by atoms with Crippen molar-refractivity contribution in [3.8, 4) is 5.88 Å². The van der Waals surface area contributed by atoms with Gasteiger partial charge in [0, 0.05) is 0 Å². The number of aromatic nitrogens is 1. The molecule has 19 heavy (non-hydrogen) atoms. The molecule has 2 rings (SSSR count). The lowest BCUT2D eigenvalue weighted by Crippen LogP contribution is -2.30. The number of pyridine rings is 1. The summed E-state index contributed by atoms with van der Waals surface area (Å²) in [5.41, 5.74) is 0.0739. The van der Waals surface area contributed by atoms with E-state index in [1.165, 1.54) is 18.6 Å². The zero-order chi connectivity index (χ0) is 13.8. The van der Waals surface area contributed by atoms with Gasteiger partial charge in [-0.3, -0.25) is 0 Å². The van der Waals surface area contributed by atoms with Gasteiger partial charge in [-0.25, -0.2) is 9.78 Å². The number of carboxylic acid groups (broad SMARTS) is 1. The SMILES string of the molecule is CCC1CCCCC1Oc1nc(Cl)ccc1C(=O)O. The van der Waals surface area contributed by atoms with Crippen LogP contribution in [0.25, 0.3) is 0 Å². The van der Waals surface area contributed by atoms with Crippen LogP contribution >= 0.6 is 11.6 Å². The van der Waals surface area contributed by atoms with Crippen LogP contribution in [0.3, 0.4) is 0 Å². The second-order valence-electron chi connectivity index (χ2n) is 4.90. The molecule has 1 aliphatic rings. The third kappa shape index (κ3) is 3.38. The highest BCUT2D eigenvalue weighted by Gasteiger charge is 2.27. The Bertz CT molecular complexity index is 464. The molecular formula is C14H18ClNO3. The van der Waals surface area contributed by atoms with Gasteiger partial charge in [-0.2, -0.15) is 0 Å². The van der Waals surface area contributed by atoms with Crippen molar-refractivity contribution in [2.24, 2.45) is 5.92 Å². The van der Waals surface area contributed by atoms with E-state index >= 15 is 0 Å². The van der Waals surface area contributed by atoms with E-state index in [-0.39, 0.29) is 22.7 Å². The Morgan fingerprint density at radius 3 is 2.89 bits per heavy atom. The number of carbonyl (C=O) groups is 1. The largest absolute Gasteiger partial charge is 0.477 e. The lowest BCUT2D eigenvalue weighted by molar-refractivity contribution is 0.0654. The minimum absolute atomic E-state index is 0.0443. The van der Waals surface area contributed by atoms with Crippen LogP contribution in [0.2, 0.25) is 5.15 Å². The van der Waals surface area contributed by atoms with Gasteiger partial charge in [-0.1, -0.05) is 24.9 Å². The third-order valence-electron chi connectivity index (χ3n) is 3.68. The molecule has 1 aliphatic carbocycles. The molecule has 1 N–H and O–H groups in total. The van der Waals surface area contributed by atoms with Crippen molar-refractivity contribution in [2.45, 2.75) is 45.1 Å². The van der Waals surface area contributed by atoms with Crippen LogP contribution in [0.1, 0.15) is 49.4 Å². The van der Waals surface area contributed by atoms with Gasteiger partial charge < -0.3 is 9.84 Å². The summed E-state index contributed by atoms with van der Waals surface area (Å²) in [5, 5.41) is 9.40. The molecule has 1 saturated carbocycles. The van der Waals surface area contributed by atoms with E-state index in [4.69, 9.17) is 21.4 Å². The first-order chi connectivity index (χ1) is 9.11. The van der Waals surface area contributed by atoms with Crippen LogP contribution in [-0.2, 0) is 0 Å². The van der Waals surface area contributed by atoms with Crippen molar-refractivity contribution >= 4 is 17.6 Å². The fourth-order valence-electron chi connectivity index (χ4n) is 2.61. The van der Waals surface area contributed by atoms with Crippen LogP contribution in [0.5, 0.6) is 5.88 Å². The maximum absolute atomic E-state index is 11.2. The average Bonchev–Trinajstić information content (AvgIpc) is 2.39. The number of halogens is 1. The van der Waals surface area contributed by atoms with Gasteiger partial charge in [-0.05, 0) is 43.7 Å². The maximum Gasteiger partial charge on any atom is 0.341 e. The van der Waals surface area contributed by atoms with Crippen molar-refractivity contribution in [3.05, 3.63) is 22.8 Å². The van der Waals surface area contributed by atoms with Gasteiger partial charge >= 0.3 is 5.97 Å². The Labute approximate surface area is 117 Å². The van der Waals surface area contributed by atoms with Crippen LogP contribution in [0, 0.1) is 5.92 Å². The van der Waals surface area contributed by atoms with Crippen LogP contribution in [-0.4, -0.2) is 22.2 Å². The van der Waals surface area contributed by atoms with E-state index in [2.05, 4.69) is 11.9 Å². The minimum Gasteiger partial charge on any atom is -0.477 e. The lowest BCUT2D eigenvalue weighted by atomic mass is 9.85. The predicted molar refractivity (Wildman–Crippen MR) is 72.9 cm³/mol. The maximum atomic E-state index is 11.2. The Hall–Kier alpha value is -1.29. The molecule has 0 radical (unpaired) electrons. The summed E-state index contributed by atoms with van der Waals surface area (Å²) < 4.78 is 5.86. The minimum atomic E-state index is -1.04. The molecule has 104 valence electrons. The fourth-order valence-corrected chi connectivity index (χ4v) is 2.75. The van der Waals surface area contributed by atoms with Crippen LogP contribution < -0.4 is 4.74 Å². The number of rotatable bonds is 4. The molecule has 2 unspecified atom stereocenters. The molecule has 5 heteroatoms. The Morgan fingerprint density at radius 2 is 2.21 bits per heavy atom. The van der Waals surface area contributed by atoms with E-state index in [1.54, 1.807) is 0 Å². The Balaban J connectivity index is 2.21. The average molecular weight is 284 g/mol. The highest BCUT2D eigenvalue weighted by atomic mass is 35.5. The summed E-state index contributed by atoms with van der Waals surface area (Å²) in [6.45, 7) is 2.13. The standard InChI is InChI=1S/C14H18ClNO3/c1-2-9-5-3-4-6-11(9)19-13-10(14(17)18)7-8-12(15)16-13/h7-9,11H,2-6H2,1H3,(H,17,18). The molecule has 1 fully saturated rings. The van der Waals surface area contributed by atoms with E-state index in [9.17, 15) is 4.79 Å². The van der Waals surface area contributed by atoms with Gasteiger partial charge in [0.1, 0.15) is 16.8 Å². The summed E-state index contributed by atoms with van der Waals surface area (Å²) in [6, 6.07) is 2.91. The number of hydrogen-bond donors (Lipinski definition) is 1. The van der Waals surface area contributed by atoms with Crippen LogP contribution in [0.15, 0.2) is 12.1 Å². The summed E-state index contributed by atoms with van der Waals surface area (Å²) in [4.78, 5) is 15.2. The molecule has 4 nitrogen and oxygen atoms in total. The van der Waals surface area contributed by atoms with Crippen molar-refractivity contribution in [1.29, 1.82) is 0 Å². The van der Waals surface area contributed by atoms with Crippen LogP contribution in [0.4, 0.5) is 0 Å². The molecule has 0 saturated heterocycles. The van der Waals surface area contributed by atoms with Gasteiger partial charge in [-0.15, -0.1) is 0 Å². The number of hydrogen-bond acceptors (Lipinski definition) is 3. The fraction of sp³-hybridized carbons (Fsp3) is 0.571. The molecule has 0 spiro atoms. The molecular weight excluding hydrogens is 266 g/mol. The zero-order valence-corrected chi connectivity index (χ0v) is 11.7. The number of nitrogens with zero attached hydrogens (tertiary/aromatic N) is 1. The first kappa shape index (κ1) is 14.1. The van der Waals surface area contributed by atoms with Crippen molar-refractivity contribution < 1.29 is 14.6 Å². The normalized spacial score (nSPS) is 23.1. The van der Waals surface area contributed by atoms with Crippen molar-refractivity contribution in [2.75, 3.05) is 0 Å². The van der Waals surface area contributed by atoms with E-state index < -0.39 is 5.97 Å². The molecule has 0 amide bonds. The second-order valence-corrected chi connectivity index (χ2v) is 5.29. The highest BCUT2D eigenvalue weighted by molar-refractivity contribution is 6.29. The highest BCUT2D eigenvalue weighted by Crippen LogP contribution is 2.31. The van der Waals surface area contributed by atoms with Crippen molar-refractivity contribution in [3.63, 3.8) is 0 Å². The zero-order valence-electron chi connectivity index (χ0n) is 10.9. The summed E-state index contributed by atoms with van der Waals surface area (Å²) in [6.07, 6.45) is 5.49. The van der Waals surface area contributed by atoms with Crippen molar-refractivity contribution in [1.82, 2.24) is 4.98 Å². The Morgan fingerprint density at radius 1 is 1.47 bits per heavy atom. The van der Waals surface area contributed by atoms with E-state index in [1.807, 2.05) is 0 Å². The van der Waals surface area contributed by atoms with E-state index in [0.717, 1.165) is 25.7 Å². The smallest absolute Gasteiger partial charge is 0.341 e. The monoisotopic (exact) mass is 283 g/mol. The van der Waals surface area contributed by atoms with Gasteiger partial charge in [0.25, 0.3) is 0 Å². The number of carboxylic acids is 1. The summed E-state index contributed by atoms with van der Waals surface area (Å²) in [7, 11) is 0. The molecule has 0 bridgehead atoms. The molecule has 1 aromatic rings. The molecule has 1 aromatic heterocycles. The summed E-state index contributed by atoms with van der Waals surface area (Å²) in [5.74, 6) is -0.426. The molecule has 1 heterocycles. The quantitative estimate of drug-likeness (QED) is 0.854. The summed E-state index contributed by atoms with van der Waals surface area (Å²) >= 11 is 5.83. The predicted octanol–water partition coefficient (Wildman–Crippen LogP) is 3.78. The topological polar surface area (TPSA) is 59.4 Å². The van der Waals surface area contributed by atoms with E-state index in [0.29, 0.717) is 5.92 Å². The first-order valence-electron chi connectivity index (χ1n) is 6.68. The lowest BCUT2D eigenvalue weighted by Gasteiger charge is -2.31.